The molecular weight excluding hydrogens is 446 g/mol. The first-order chi connectivity index (χ1) is 16.6. The molecule has 3 aliphatic heterocycles. The molecule has 1 aromatic heterocycles. The molecule has 3 saturated heterocycles. The van der Waals surface area contributed by atoms with Crippen LogP contribution in [0.2, 0.25) is 0 Å². The lowest BCUT2D eigenvalue weighted by Crippen LogP contribution is -2.65. The van der Waals surface area contributed by atoms with Crippen molar-refractivity contribution in [3.63, 3.8) is 0 Å². The summed E-state index contributed by atoms with van der Waals surface area (Å²) in [5.74, 6) is 0.878. The minimum absolute atomic E-state index is 0.0493. The van der Waals surface area contributed by atoms with E-state index in [4.69, 9.17) is 9.47 Å². The molecule has 1 aliphatic carbocycles. The smallest absolute Gasteiger partial charge is 0.344 e. The Hall–Kier alpha value is -1.89. The number of hydrogen-bond donors (Lipinski definition) is 1. The Morgan fingerprint density at radius 3 is 2.50 bits per heavy atom. The maximum Gasteiger partial charge on any atom is 0.344 e. The van der Waals surface area contributed by atoms with Crippen LogP contribution >= 0.6 is 11.3 Å². The van der Waals surface area contributed by atoms with E-state index in [1.807, 2.05) is 47.8 Å². The van der Waals surface area contributed by atoms with Gasteiger partial charge in [-0.25, -0.2) is 4.79 Å². The number of piperidine rings is 3. The zero-order valence-electron chi connectivity index (χ0n) is 20.1. The quantitative estimate of drug-likeness (QED) is 0.304. The zero-order chi connectivity index (χ0) is 23.4. The molecule has 4 heterocycles. The Morgan fingerprint density at radius 2 is 1.79 bits per heavy atom. The van der Waals surface area contributed by atoms with E-state index >= 15 is 0 Å². The van der Waals surface area contributed by atoms with Crippen molar-refractivity contribution in [2.45, 2.75) is 63.1 Å². The van der Waals surface area contributed by atoms with Crippen molar-refractivity contribution >= 4 is 17.3 Å². The Kier molecular flexibility index (Phi) is 7.28. The average molecular weight is 485 g/mol. The van der Waals surface area contributed by atoms with Gasteiger partial charge in [0.1, 0.15) is 12.3 Å². The number of aliphatic hydroxyl groups is 1. The lowest BCUT2D eigenvalue weighted by atomic mass is 9.75. The lowest BCUT2D eigenvalue weighted by molar-refractivity contribution is -0.946. The second-order valence-corrected chi connectivity index (χ2v) is 11.5. The molecule has 6 rings (SSSR count). The molecule has 34 heavy (non-hydrogen) atoms. The molecule has 4 fully saturated rings. The Morgan fingerprint density at radius 1 is 1.03 bits per heavy atom. The molecule has 1 aromatic carbocycles. The van der Waals surface area contributed by atoms with Crippen LogP contribution in [-0.4, -0.2) is 54.4 Å². The monoisotopic (exact) mass is 484 g/mol. The van der Waals surface area contributed by atoms with Gasteiger partial charge in [0.05, 0.1) is 26.2 Å². The molecule has 0 unspecified atom stereocenters. The van der Waals surface area contributed by atoms with Crippen molar-refractivity contribution in [1.29, 1.82) is 0 Å². The van der Waals surface area contributed by atoms with Gasteiger partial charge >= 0.3 is 5.97 Å². The number of fused-ring (bicyclic) bond motifs is 3. The number of nitrogens with zero attached hydrogens (tertiary/aromatic N) is 1. The normalized spacial score (nSPS) is 28.9. The van der Waals surface area contributed by atoms with Gasteiger partial charge < -0.3 is 19.1 Å². The minimum Gasteiger partial charge on any atom is -0.493 e. The first-order valence-electron chi connectivity index (χ1n) is 13.1. The number of quaternary nitrogens is 1. The first kappa shape index (κ1) is 23.8. The van der Waals surface area contributed by atoms with Crippen molar-refractivity contribution in [2.75, 3.05) is 32.8 Å². The molecular formula is C28H38NO4S+. The highest BCUT2D eigenvalue weighted by Gasteiger charge is 2.52. The molecule has 1 saturated carbocycles. The number of carbonyl (C=O) groups is 1. The molecule has 5 nitrogen and oxygen atoms in total. The highest BCUT2D eigenvalue weighted by Crippen LogP contribution is 2.43. The summed E-state index contributed by atoms with van der Waals surface area (Å²) in [7, 11) is 0. The summed E-state index contributed by atoms with van der Waals surface area (Å²) in [5, 5.41) is 13.8. The second-order valence-electron chi connectivity index (χ2n) is 10.6. The fourth-order valence-corrected chi connectivity index (χ4v) is 7.38. The van der Waals surface area contributed by atoms with Gasteiger partial charge in [0.2, 0.25) is 0 Å². The SMILES string of the molecule is O=C(O[C@H]1C[N+]2(CCCOc3ccccc3)CCC1CC2)[C@](O)(c1cccs1)C1CCCCC1. The molecule has 4 aliphatic rings. The zero-order valence-corrected chi connectivity index (χ0v) is 20.9. The highest BCUT2D eigenvalue weighted by atomic mass is 32.1. The van der Waals surface area contributed by atoms with E-state index in [-0.39, 0.29) is 12.0 Å². The second kappa shape index (κ2) is 10.4. The van der Waals surface area contributed by atoms with Crippen LogP contribution in [0.15, 0.2) is 47.8 Å². The third-order valence-electron chi connectivity index (χ3n) is 8.49. The predicted octanol–water partition coefficient (Wildman–Crippen LogP) is 5.14. The summed E-state index contributed by atoms with van der Waals surface area (Å²) in [6, 6.07) is 13.8. The predicted molar refractivity (Wildman–Crippen MR) is 134 cm³/mol. The summed E-state index contributed by atoms with van der Waals surface area (Å²) in [6.45, 7) is 4.93. The van der Waals surface area contributed by atoms with E-state index in [2.05, 4.69) is 0 Å². The fraction of sp³-hybridized carbons (Fsp3) is 0.607. The molecule has 0 amide bonds. The summed E-state index contributed by atoms with van der Waals surface area (Å²) in [6.07, 6.45) is 8.19. The minimum atomic E-state index is -1.50. The number of rotatable bonds is 9. The fourth-order valence-electron chi connectivity index (χ4n) is 6.49. The van der Waals surface area contributed by atoms with Crippen LogP contribution in [0.3, 0.4) is 0 Å². The number of hydrogen-bond acceptors (Lipinski definition) is 5. The van der Waals surface area contributed by atoms with E-state index in [1.165, 1.54) is 17.8 Å². The van der Waals surface area contributed by atoms with E-state index < -0.39 is 11.6 Å². The Labute approximate surface area is 207 Å². The van der Waals surface area contributed by atoms with Crippen LogP contribution in [0.1, 0.15) is 56.2 Å². The van der Waals surface area contributed by atoms with E-state index in [0.29, 0.717) is 12.5 Å². The van der Waals surface area contributed by atoms with Gasteiger partial charge in [-0.3, -0.25) is 0 Å². The maximum absolute atomic E-state index is 13.6. The highest BCUT2D eigenvalue weighted by molar-refractivity contribution is 7.10. The van der Waals surface area contributed by atoms with Crippen LogP contribution in [-0.2, 0) is 15.1 Å². The van der Waals surface area contributed by atoms with Crippen molar-refractivity contribution in [3.05, 3.63) is 52.7 Å². The summed E-state index contributed by atoms with van der Waals surface area (Å²) >= 11 is 1.47. The van der Waals surface area contributed by atoms with Crippen molar-refractivity contribution in [3.8, 4) is 5.75 Å². The van der Waals surface area contributed by atoms with Crippen LogP contribution < -0.4 is 4.74 Å². The largest absolute Gasteiger partial charge is 0.493 e. The maximum atomic E-state index is 13.6. The standard InChI is InChI=1S/C28H38NO4S/c30-27(28(31,26-13-7-20-34-26)23-9-3-1-4-10-23)33-25-21-29(17-14-22(25)15-18-29)16-8-19-32-24-11-5-2-6-12-24/h2,5-7,11-13,20,22-23,25,31H,1,3-4,8-10,14-19,21H2/q+1/t22?,25-,28+,29?/m0/s1. The van der Waals surface area contributed by atoms with Gasteiger partial charge in [-0.05, 0) is 36.4 Å². The Bertz CT molecular complexity index is 919. The summed E-state index contributed by atoms with van der Waals surface area (Å²) in [5.41, 5.74) is -1.50. The van der Waals surface area contributed by atoms with Crippen molar-refractivity contribution < 1.29 is 23.9 Å². The van der Waals surface area contributed by atoms with E-state index in [0.717, 1.165) is 86.2 Å². The van der Waals surface area contributed by atoms with Crippen LogP contribution in [0.5, 0.6) is 5.75 Å². The van der Waals surface area contributed by atoms with E-state index in [1.54, 1.807) is 0 Å². The topological polar surface area (TPSA) is 55.8 Å². The van der Waals surface area contributed by atoms with Crippen LogP contribution in [0.25, 0.3) is 0 Å². The number of carbonyl (C=O) groups excluding carboxylic acids is 1. The van der Waals surface area contributed by atoms with Crippen molar-refractivity contribution in [2.24, 2.45) is 11.8 Å². The molecule has 2 bridgehead atoms. The molecule has 1 N–H and O–H groups in total. The van der Waals surface area contributed by atoms with Crippen LogP contribution in [0, 0.1) is 11.8 Å². The van der Waals surface area contributed by atoms with Crippen molar-refractivity contribution in [1.82, 2.24) is 0 Å². The van der Waals surface area contributed by atoms with Crippen LogP contribution in [0.4, 0.5) is 0 Å². The van der Waals surface area contributed by atoms with Gasteiger partial charge in [0.15, 0.2) is 11.7 Å². The number of benzene rings is 1. The third-order valence-corrected chi connectivity index (χ3v) is 9.49. The molecule has 0 radical (unpaired) electrons. The molecule has 184 valence electrons. The number of para-hydroxylation sites is 1. The molecule has 2 aromatic rings. The molecule has 0 spiro atoms. The summed E-state index contributed by atoms with van der Waals surface area (Å²) in [4.78, 5) is 14.4. The van der Waals surface area contributed by atoms with E-state index in [9.17, 15) is 9.90 Å². The average Bonchev–Trinajstić information content (AvgIpc) is 3.44. The third kappa shape index (κ3) is 4.91. The summed E-state index contributed by atoms with van der Waals surface area (Å²) < 4.78 is 13.2. The molecule has 2 atom stereocenters. The van der Waals surface area contributed by atoms with Gasteiger partial charge in [0.25, 0.3) is 0 Å². The first-order valence-corrected chi connectivity index (χ1v) is 14.0. The van der Waals surface area contributed by atoms with Gasteiger partial charge in [-0.1, -0.05) is 43.5 Å². The lowest BCUT2D eigenvalue weighted by Gasteiger charge is -2.52. The number of ether oxygens (including phenoxy) is 2. The Balaban J connectivity index is 1.22. The molecule has 6 heteroatoms. The number of esters is 1. The van der Waals surface area contributed by atoms with Gasteiger partial charge in [-0.15, -0.1) is 11.3 Å². The van der Waals surface area contributed by atoms with Gasteiger partial charge in [0, 0.05) is 36.0 Å². The number of thiophene rings is 1. The van der Waals surface area contributed by atoms with Gasteiger partial charge in [-0.2, -0.15) is 0 Å².